The first kappa shape index (κ1) is 17.3. The standard InChI is InChI=1S/C17H26N4O2/c1-2-3-12-23-16-14(10-7-11-21(16)17(18)19)20-15(22)13-8-5-4-6-9-13/h4-6,8-9,14,16H,2-3,7,10-12H2,1H3,(H3,18,19)(H,20,22)/t14-,16-/m0/s1. The molecule has 1 heterocycles. The summed E-state index contributed by atoms with van der Waals surface area (Å²) in [5, 5.41) is 10.8. The highest BCUT2D eigenvalue weighted by Gasteiger charge is 2.34. The van der Waals surface area contributed by atoms with E-state index in [-0.39, 0.29) is 24.1 Å². The lowest BCUT2D eigenvalue weighted by atomic mass is 10.0. The van der Waals surface area contributed by atoms with Crippen molar-refractivity contribution in [3.8, 4) is 0 Å². The number of likely N-dealkylation sites (tertiary alicyclic amines) is 1. The Balaban J connectivity index is 2.06. The fourth-order valence-electron chi connectivity index (χ4n) is 2.77. The van der Waals surface area contributed by atoms with Crippen LogP contribution in [0.5, 0.6) is 0 Å². The lowest BCUT2D eigenvalue weighted by Crippen LogP contribution is -2.59. The van der Waals surface area contributed by atoms with Crippen LogP contribution in [-0.2, 0) is 4.74 Å². The van der Waals surface area contributed by atoms with Gasteiger partial charge in [0.2, 0.25) is 0 Å². The van der Waals surface area contributed by atoms with E-state index in [1.54, 1.807) is 17.0 Å². The molecule has 6 heteroatoms. The quantitative estimate of drug-likeness (QED) is 0.424. The van der Waals surface area contributed by atoms with Gasteiger partial charge in [-0.05, 0) is 31.4 Å². The first-order valence-electron chi connectivity index (χ1n) is 8.21. The number of carbonyl (C=O) groups excluding carboxylic acids is 1. The summed E-state index contributed by atoms with van der Waals surface area (Å²) in [6, 6.07) is 8.96. The zero-order valence-electron chi connectivity index (χ0n) is 13.6. The molecule has 1 aliphatic heterocycles. The van der Waals surface area contributed by atoms with Crippen molar-refractivity contribution < 1.29 is 9.53 Å². The number of ether oxygens (including phenoxy) is 1. The van der Waals surface area contributed by atoms with Gasteiger partial charge in [-0.1, -0.05) is 31.5 Å². The van der Waals surface area contributed by atoms with Gasteiger partial charge in [-0.2, -0.15) is 0 Å². The van der Waals surface area contributed by atoms with Crippen LogP contribution in [0.2, 0.25) is 0 Å². The van der Waals surface area contributed by atoms with E-state index in [1.165, 1.54) is 0 Å². The van der Waals surface area contributed by atoms with E-state index in [0.29, 0.717) is 18.7 Å². The largest absolute Gasteiger partial charge is 0.370 e. The molecule has 0 bridgehead atoms. The highest BCUT2D eigenvalue weighted by Crippen LogP contribution is 2.19. The molecule has 1 aliphatic rings. The molecule has 6 nitrogen and oxygen atoms in total. The third-order valence-corrected chi connectivity index (χ3v) is 4.01. The molecule has 0 spiro atoms. The number of benzene rings is 1. The van der Waals surface area contributed by atoms with Crippen molar-refractivity contribution in [1.82, 2.24) is 10.2 Å². The van der Waals surface area contributed by atoms with Crippen LogP contribution in [0, 0.1) is 5.41 Å². The molecule has 1 aromatic rings. The summed E-state index contributed by atoms with van der Waals surface area (Å²) in [5.74, 6) is -0.129. The molecular weight excluding hydrogens is 292 g/mol. The van der Waals surface area contributed by atoms with Crippen molar-refractivity contribution in [2.45, 2.75) is 44.9 Å². The van der Waals surface area contributed by atoms with E-state index in [0.717, 1.165) is 25.7 Å². The van der Waals surface area contributed by atoms with Gasteiger partial charge in [-0.25, -0.2) is 0 Å². The monoisotopic (exact) mass is 318 g/mol. The van der Waals surface area contributed by atoms with Crippen LogP contribution in [0.3, 0.4) is 0 Å². The van der Waals surface area contributed by atoms with Crippen LogP contribution in [0.25, 0.3) is 0 Å². The maximum atomic E-state index is 12.4. The van der Waals surface area contributed by atoms with Crippen LogP contribution in [0.15, 0.2) is 30.3 Å². The summed E-state index contributed by atoms with van der Waals surface area (Å²) in [6.45, 7) is 3.38. The number of guanidine groups is 1. The summed E-state index contributed by atoms with van der Waals surface area (Å²) in [7, 11) is 0. The average Bonchev–Trinajstić information content (AvgIpc) is 2.56. The van der Waals surface area contributed by atoms with Crippen LogP contribution in [0.4, 0.5) is 0 Å². The number of rotatable bonds is 6. The van der Waals surface area contributed by atoms with Crippen LogP contribution < -0.4 is 11.1 Å². The van der Waals surface area contributed by atoms with Crippen LogP contribution in [-0.4, -0.2) is 42.2 Å². The number of nitrogens with one attached hydrogen (secondary N) is 2. The minimum atomic E-state index is -0.375. The number of nitrogens with two attached hydrogens (primary N) is 1. The van der Waals surface area contributed by atoms with E-state index in [2.05, 4.69) is 12.2 Å². The zero-order chi connectivity index (χ0) is 16.7. The van der Waals surface area contributed by atoms with E-state index >= 15 is 0 Å². The lowest BCUT2D eigenvalue weighted by Gasteiger charge is -2.41. The summed E-state index contributed by atoms with van der Waals surface area (Å²) in [5.41, 5.74) is 6.31. The smallest absolute Gasteiger partial charge is 0.251 e. The number of unbranched alkanes of at least 4 members (excludes halogenated alkanes) is 1. The Labute approximate surface area is 137 Å². The van der Waals surface area contributed by atoms with Gasteiger partial charge in [-0.15, -0.1) is 0 Å². The highest BCUT2D eigenvalue weighted by molar-refractivity contribution is 5.94. The molecule has 23 heavy (non-hydrogen) atoms. The fourth-order valence-corrected chi connectivity index (χ4v) is 2.77. The molecular formula is C17H26N4O2. The second kappa shape index (κ2) is 8.53. The molecule has 1 amide bonds. The Hall–Kier alpha value is -2.08. The molecule has 4 N–H and O–H groups in total. The third kappa shape index (κ3) is 4.69. The van der Waals surface area contributed by atoms with E-state index < -0.39 is 0 Å². The number of hydrogen-bond acceptors (Lipinski definition) is 3. The number of amides is 1. The molecule has 1 saturated heterocycles. The second-order valence-corrected chi connectivity index (χ2v) is 5.78. The Morgan fingerprint density at radius 1 is 1.43 bits per heavy atom. The maximum absolute atomic E-state index is 12.4. The van der Waals surface area contributed by atoms with Gasteiger partial charge >= 0.3 is 0 Å². The Morgan fingerprint density at radius 2 is 2.17 bits per heavy atom. The predicted molar refractivity (Wildman–Crippen MR) is 90.2 cm³/mol. The van der Waals surface area contributed by atoms with E-state index in [1.807, 2.05) is 18.2 Å². The van der Waals surface area contributed by atoms with Gasteiger partial charge in [0.1, 0.15) is 0 Å². The maximum Gasteiger partial charge on any atom is 0.251 e. The van der Waals surface area contributed by atoms with Gasteiger partial charge in [0.05, 0.1) is 6.04 Å². The molecule has 1 aromatic carbocycles. The fraction of sp³-hybridized carbons (Fsp3) is 0.529. The molecule has 2 atom stereocenters. The van der Waals surface area contributed by atoms with Crippen molar-refractivity contribution in [3.63, 3.8) is 0 Å². The molecule has 2 rings (SSSR count). The van der Waals surface area contributed by atoms with Gasteiger partial charge in [0.15, 0.2) is 12.2 Å². The van der Waals surface area contributed by atoms with E-state index in [9.17, 15) is 4.79 Å². The molecule has 0 unspecified atom stereocenters. The summed E-state index contributed by atoms with van der Waals surface area (Å²) < 4.78 is 5.94. The normalized spacial score (nSPS) is 21.0. The van der Waals surface area contributed by atoms with Crippen LogP contribution in [0.1, 0.15) is 43.0 Å². The topological polar surface area (TPSA) is 91.4 Å². The predicted octanol–water partition coefficient (Wildman–Crippen LogP) is 1.92. The third-order valence-electron chi connectivity index (χ3n) is 4.01. The van der Waals surface area contributed by atoms with Crippen molar-refractivity contribution >= 4 is 11.9 Å². The molecule has 0 radical (unpaired) electrons. The molecule has 126 valence electrons. The Morgan fingerprint density at radius 3 is 2.83 bits per heavy atom. The van der Waals surface area contributed by atoms with Crippen LogP contribution >= 0.6 is 0 Å². The van der Waals surface area contributed by atoms with Gasteiger partial charge in [0.25, 0.3) is 5.91 Å². The highest BCUT2D eigenvalue weighted by atomic mass is 16.5. The summed E-state index contributed by atoms with van der Waals surface area (Å²) in [6.07, 6.45) is 3.29. The lowest BCUT2D eigenvalue weighted by molar-refractivity contribution is -0.0665. The SMILES string of the molecule is CCCCO[C@H]1[C@@H](NC(=O)c2ccccc2)CCCN1C(=N)N. The van der Waals surface area contributed by atoms with Gasteiger partial charge in [-0.3, -0.25) is 10.2 Å². The minimum Gasteiger partial charge on any atom is -0.370 e. The number of hydrogen-bond donors (Lipinski definition) is 3. The molecule has 0 saturated carbocycles. The van der Waals surface area contributed by atoms with Crippen molar-refractivity contribution in [1.29, 1.82) is 5.41 Å². The average molecular weight is 318 g/mol. The van der Waals surface area contributed by atoms with Crippen molar-refractivity contribution in [2.75, 3.05) is 13.2 Å². The van der Waals surface area contributed by atoms with Gasteiger partial charge in [0, 0.05) is 18.7 Å². The Bertz CT molecular complexity index is 521. The van der Waals surface area contributed by atoms with Crippen molar-refractivity contribution in [3.05, 3.63) is 35.9 Å². The number of carbonyl (C=O) groups is 1. The number of piperidine rings is 1. The minimum absolute atomic E-state index is 0.00911. The first-order valence-corrected chi connectivity index (χ1v) is 8.21. The molecule has 1 fully saturated rings. The number of nitrogens with zero attached hydrogens (tertiary/aromatic N) is 1. The van der Waals surface area contributed by atoms with Crippen molar-refractivity contribution in [2.24, 2.45) is 5.73 Å². The summed E-state index contributed by atoms with van der Waals surface area (Å²) >= 11 is 0. The second-order valence-electron chi connectivity index (χ2n) is 5.78. The molecule has 0 aromatic heterocycles. The summed E-state index contributed by atoms with van der Waals surface area (Å²) in [4.78, 5) is 14.1. The Kier molecular flexibility index (Phi) is 6.40. The van der Waals surface area contributed by atoms with Gasteiger partial charge < -0.3 is 20.7 Å². The van der Waals surface area contributed by atoms with E-state index in [4.69, 9.17) is 15.9 Å². The zero-order valence-corrected chi connectivity index (χ0v) is 13.6. The molecule has 0 aliphatic carbocycles. The first-order chi connectivity index (χ1) is 11.1.